The molecular weight excluding hydrogens is 334 g/mol. The Morgan fingerprint density at radius 3 is 2.33 bits per heavy atom. The van der Waals surface area contributed by atoms with Crippen molar-refractivity contribution in [2.45, 2.75) is 11.4 Å². The van der Waals surface area contributed by atoms with Gasteiger partial charge in [0.2, 0.25) is 10.0 Å². The van der Waals surface area contributed by atoms with Crippen LogP contribution in [0.2, 0.25) is 0 Å². The third-order valence-corrected chi connectivity index (χ3v) is 5.20. The number of nitro benzene ring substituents is 1. The van der Waals surface area contributed by atoms with Crippen molar-refractivity contribution in [3.63, 3.8) is 0 Å². The quantitative estimate of drug-likeness (QED) is 0.531. The number of methoxy groups -OCH3 is 1. The molecule has 0 aliphatic rings. The van der Waals surface area contributed by atoms with Crippen LogP contribution in [0.3, 0.4) is 0 Å². The van der Waals surface area contributed by atoms with E-state index in [4.69, 9.17) is 4.74 Å². The number of benzene rings is 1. The van der Waals surface area contributed by atoms with E-state index in [1.807, 2.05) is 0 Å². The fourth-order valence-electron chi connectivity index (χ4n) is 2.06. The highest BCUT2D eigenvalue weighted by Gasteiger charge is 2.25. The average molecular weight is 351 g/mol. The van der Waals surface area contributed by atoms with Crippen LogP contribution >= 0.6 is 0 Å². The molecule has 0 bridgehead atoms. The number of ether oxygens (including phenoxy) is 1. The molecule has 0 fully saturated rings. The van der Waals surface area contributed by atoms with Gasteiger partial charge in [0.25, 0.3) is 5.69 Å². The first kappa shape index (κ1) is 18.0. The molecule has 0 amide bonds. The highest BCUT2D eigenvalue weighted by atomic mass is 32.2. The molecule has 0 saturated carbocycles. The van der Waals surface area contributed by atoms with Gasteiger partial charge in [-0.05, 0) is 29.8 Å². The van der Waals surface area contributed by atoms with Crippen molar-refractivity contribution < 1.29 is 18.1 Å². The summed E-state index contributed by atoms with van der Waals surface area (Å²) in [6.45, 7) is 0.556. The first-order chi connectivity index (χ1) is 11.4. The van der Waals surface area contributed by atoms with E-state index < -0.39 is 14.9 Å². The minimum Gasteiger partial charge on any atom is -0.383 e. The van der Waals surface area contributed by atoms with Gasteiger partial charge in [-0.25, -0.2) is 8.42 Å². The third-order valence-electron chi connectivity index (χ3n) is 3.34. The van der Waals surface area contributed by atoms with Crippen LogP contribution in [0.4, 0.5) is 5.69 Å². The van der Waals surface area contributed by atoms with E-state index in [1.165, 1.54) is 35.7 Å². The van der Waals surface area contributed by atoms with Crippen LogP contribution < -0.4 is 0 Å². The number of rotatable bonds is 8. The highest BCUT2D eigenvalue weighted by molar-refractivity contribution is 7.89. The molecule has 1 aromatic heterocycles. The van der Waals surface area contributed by atoms with Crippen LogP contribution in [0.5, 0.6) is 0 Å². The molecule has 0 saturated heterocycles. The molecule has 1 heterocycles. The number of nitrogens with zero attached hydrogens (tertiary/aromatic N) is 3. The lowest BCUT2D eigenvalue weighted by Crippen LogP contribution is -2.33. The zero-order valence-corrected chi connectivity index (χ0v) is 13.8. The number of nitro groups is 1. The van der Waals surface area contributed by atoms with Gasteiger partial charge >= 0.3 is 0 Å². The summed E-state index contributed by atoms with van der Waals surface area (Å²) in [5.41, 5.74) is 0.623. The predicted molar refractivity (Wildman–Crippen MR) is 86.8 cm³/mol. The zero-order valence-electron chi connectivity index (χ0n) is 13.0. The van der Waals surface area contributed by atoms with Crippen molar-refractivity contribution in [3.05, 3.63) is 64.5 Å². The van der Waals surface area contributed by atoms with E-state index in [-0.39, 0.29) is 30.3 Å². The number of non-ortho nitro benzene ring substituents is 1. The predicted octanol–water partition coefficient (Wildman–Crippen LogP) is 1.83. The standard InChI is InChI=1S/C15H17N3O5S/c1-23-11-10-17(12-13-6-8-16-9-7-13)24(21,22)15-4-2-14(3-5-15)18(19)20/h2-9H,10-12H2,1H3. The largest absolute Gasteiger partial charge is 0.383 e. The summed E-state index contributed by atoms with van der Waals surface area (Å²) < 4.78 is 31.9. The molecule has 0 unspecified atom stereocenters. The fraction of sp³-hybridized carbons (Fsp3) is 0.267. The number of hydrogen-bond donors (Lipinski definition) is 0. The minimum absolute atomic E-state index is 0.00161. The molecule has 0 aliphatic heterocycles. The topological polar surface area (TPSA) is 103 Å². The van der Waals surface area contributed by atoms with Crippen molar-refractivity contribution in [1.29, 1.82) is 0 Å². The lowest BCUT2D eigenvalue weighted by atomic mass is 10.3. The molecule has 2 rings (SSSR count). The summed E-state index contributed by atoms with van der Waals surface area (Å²) in [6.07, 6.45) is 3.17. The van der Waals surface area contributed by atoms with Gasteiger partial charge in [-0.1, -0.05) is 0 Å². The van der Waals surface area contributed by atoms with Gasteiger partial charge in [0, 0.05) is 44.7 Å². The molecule has 0 radical (unpaired) electrons. The Morgan fingerprint density at radius 2 is 1.79 bits per heavy atom. The Labute approximate surface area is 139 Å². The molecule has 0 N–H and O–H groups in total. The molecule has 0 atom stereocenters. The average Bonchev–Trinajstić information content (AvgIpc) is 2.59. The minimum atomic E-state index is -3.80. The van der Waals surface area contributed by atoms with Crippen molar-refractivity contribution in [2.24, 2.45) is 0 Å². The molecule has 9 heteroatoms. The Balaban J connectivity index is 2.30. The van der Waals surface area contributed by atoms with Gasteiger partial charge in [-0.3, -0.25) is 15.1 Å². The molecule has 8 nitrogen and oxygen atoms in total. The first-order valence-corrected chi connectivity index (χ1v) is 8.51. The smallest absolute Gasteiger partial charge is 0.269 e. The summed E-state index contributed by atoms with van der Waals surface area (Å²) in [4.78, 5) is 14.0. The van der Waals surface area contributed by atoms with Crippen molar-refractivity contribution in [3.8, 4) is 0 Å². The molecule has 24 heavy (non-hydrogen) atoms. The Kier molecular flexibility index (Phi) is 5.96. The monoisotopic (exact) mass is 351 g/mol. The van der Waals surface area contributed by atoms with Crippen LogP contribution in [-0.4, -0.2) is 42.9 Å². The van der Waals surface area contributed by atoms with E-state index >= 15 is 0 Å². The van der Waals surface area contributed by atoms with Gasteiger partial charge in [0.15, 0.2) is 0 Å². The first-order valence-electron chi connectivity index (χ1n) is 7.07. The van der Waals surface area contributed by atoms with Crippen molar-refractivity contribution in [1.82, 2.24) is 9.29 Å². The SMILES string of the molecule is COCCN(Cc1ccncc1)S(=O)(=O)c1ccc([N+](=O)[O-])cc1. The lowest BCUT2D eigenvalue weighted by molar-refractivity contribution is -0.384. The van der Waals surface area contributed by atoms with Crippen LogP contribution in [0, 0.1) is 10.1 Å². The summed E-state index contributed by atoms with van der Waals surface area (Å²) in [5, 5.41) is 10.7. The van der Waals surface area contributed by atoms with Gasteiger partial charge in [0.05, 0.1) is 16.4 Å². The normalized spacial score (nSPS) is 11.6. The number of aromatic nitrogens is 1. The Bertz CT molecular complexity index is 779. The van der Waals surface area contributed by atoms with Gasteiger partial charge in [-0.15, -0.1) is 0 Å². The molecule has 1 aromatic carbocycles. The molecule has 128 valence electrons. The second kappa shape index (κ2) is 7.95. The van der Waals surface area contributed by atoms with Crippen LogP contribution in [-0.2, 0) is 21.3 Å². The van der Waals surface area contributed by atoms with Crippen molar-refractivity contribution >= 4 is 15.7 Å². The second-order valence-corrected chi connectivity index (χ2v) is 6.88. The summed E-state index contributed by atoms with van der Waals surface area (Å²) in [6, 6.07) is 8.28. The van der Waals surface area contributed by atoms with Crippen LogP contribution in [0.15, 0.2) is 53.7 Å². The van der Waals surface area contributed by atoms with E-state index in [0.717, 1.165) is 5.56 Å². The van der Waals surface area contributed by atoms with Gasteiger partial charge in [-0.2, -0.15) is 4.31 Å². The highest BCUT2D eigenvalue weighted by Crippen LogP contribution is 2.21. The molecule has 0 aliphatic carbocycles. The van der Waals surface area contributed by atoms with Gasteiger partial charge < -0.3 is 4.74 Å². The maximum Gasteiger partial charge on any atom is 0.269 e. The van der Waals surface area contributed by atoms with E-state index in [2.05, 4.69) is 4.98 Å². The summed E-state index contributed by atoms with van der Waals surface area (Å²) >= 11 is 0. The maximum absolute atomic E-state index is 12.8. The second-order valence-electron chi connectivity index (χ2n) is 4.94. The number of sulfonamides is 1. The summed E-state index contributed by atoms with van der Waals surface area (Å²) in [7, 11) is -2.31. The molecule has 2 aromatic rings. The zero-order chi connectivity index (χ0) is 17.6. The Morgan fingerprint density at radius 1 is 1.17 bits per heavy atom. The van der Waals surface area contributed by atoms with Crippen LogP contribution in [0.1, 0.15) is 5.56 Å². The number of hydrogen-bond acceptors (Lipinski definition) is 6. The maximum atomic E-state index is 12.8. The lowest BCUT2D eigenvalue weighted by Gasteiger charge is -2.22. The number of pyridine rings is 1. The van der Waals surface area contributed by atoms with Crippen LogP contribution in [0.25, 0.3) is 0 Å². The van der Waals surface area contributed by atoms with Gasteiger partial charge in [0.1, 0.15) is 0 Å². The van der Waals surface area contributed by atoms with E-state index in [1.54, 1.807) is 24.5 Å². The molecule has 0 spiro atoms. The Hall–Kier alpha value is -2.36. The third kappa shape index (κ3) is 4.34. The van der Waals surface area contributed by atoms with E-state index in [9.17, 15) is 18.5 Å². The molecular formula is C15H17N3O5S. The summed E-state index contributed by atoms with van der Waals surface area (Å²) in [5.74, 6) is 0. The van der Waals surface area contributed by atoms with Crippen molar-refractivity contribution in [2.75, 3.05) is 20.3 Å². The van der Waals surface area contributed by atoms with E-state index in [0.29, 0.717) is 0 Å². The fourth-order valence-corrected chi connectivity index (χ4v) is 3.47.